The normalized spacial score (nSPS) is 11.2. The van der Waals surface area contributed by atoms with Crippen molar-refractivity contribution in [2.45, 2.75) is 20.3 Å². The van der Waals surface area contributed by atoms with Gasteiger partial charge in [-0.3, -0.25) is 9.10 Å². The first-order valence-corrected chi connectivity index (χ1v) is 10.5. The zero-order valence-electron chi connectivity index (χ0n) is 14.4. The van der Waals surface area contributed by atoms with E-state index in [1.54, 1.807) is 18.2 Å². The molecule has 0 radical (unpaired) electrons. The van der Waals surface area contributed by atoms with Gasteiger partial charge in [0, 0.05) is 10.2 Å². The van der Waals surface area contributed by atoms with Crippen LogP contribution in [0, 0.1) is 6.92 Å². The van der Waals surface area contributed by atoms with Crippen LogP contribution in [0.25, 0.3) is 0 Å². The summed E-state index contributed by atoms with van der Waals surface area (Å²) in [5, 5.41) is 2.74. The molecule has 0 spiro atoms. The summed E-state index contributed by atoms with van der Waals surface area (Å²) < 4.78 is 26.2. The first-order chi connectivity index (χ1) is 11.7. The molecule has 1 amide bonds. The first kappa shape index (κ1) is 19.5. The standard InChI is InChI=1S/C18H21BrN2O3S/c1-4-14-5-7-15(8-6-14)20-18(22)12-21(25(3,23)24)16-9-10-17(19)13(2)11-16/h5-11H,4,12H2,1-3H3,(H,20,22). The molecule has 0 heterocycles. The van der Waals surface area contributed by atoms with Crippen LogP contribution in [-0.2, 0) is 21.2 Å². The first-order valence-electron chi connectivity index (χ1n) is 7.83. The summed E-state index contributed by atoms with van der Waals surface area (Å²) in [4.78, 5) is 12.3. The van der Waals surface area contributed by atoms with Crippen LogP contribution in [-0.4, -0.2) is 27.1 Å². The molecule has 0 aromatic heterocycles. The van der Waals surface area contributed by atoms with Crippen molar-refractivity contribution < 1.29 is 13.2 Å². The molecule has 5 nitrogen and oxygen atoms in total. The molecule has 134 valence electrons. The highest BCUT2D eigenvalue weighted by atomic mass is 79.9. The molecule has 2 aromatic carbocycles. The lowest BCUT2D eigenvalue weighted by Gasteiger charge is -2.22. The number of benzene rings is 2. The number of hydrogen-bond donors (Lipinski definition) is 1. The number of anilines is 2. The molecular formula is C18H21BrN2O3S. The molecule has 0 fully saturated rings. The molecule has 0 saturated carbocycles. The van der Waals surface area contributed by atoms with E-state index in [9.17, 15) is 13.2 Å². The Morgan fingerprint density at radius 1 is 1.16 bits per heavy atom. The predicted octanol–water partition coefficient (Wildman–Crippen LogP) is 3.72. The number of nitrogens with zero attached hydrogens (tertiary/aromatic N) is 1. The van der Waals surface area contributed by atoms with E-state index in [4.69, 9.17) is 0 Å². The molecular weight excluding hydrogens is 404 g/mol. The van der Waals surface area contributed by atoms with Gasteiger partial charge in [0.15, 0.2) is 0 Å². The number of carbonyl (C=O) groups excluding carboxylic acids is 1. The summed E-state index contributed by atoms with van der Waals surface area (Å²) in [7, 11) is -3.59. The predicted molar refractivity (Wildman–Crippen MR) is 106 cm³/mol. The molecule has 0 bridgehead atoms. The fourth-order valence-electron chi connectivity index (χ4n) is 2.34. The Bertz CT molecular complexity index is 864. The van der Waals surface area contributed by atoms with Crippen LogP contribution >= 0.6 is 15.9 Å². The minimum Gasteiger partial charge on any atom is -0.325 e. The van der Waals surface area contributed by atoms with Gasteiger partial charge >= 0.3 is 0 Å². The summed E-state index contributed by atoms with van der Waals surface area (Å²) >= 11 is 3.39. The number of hydrogen-bond acceptors (Lipinski definition) is 3. The topological polar surface area (TPSA) is 66.5 Å². The van der Waals surface area contributed by atoms with Crippen molar-refractivity contribution >= 4 is 43.2 Å². The van der Waals surface area contributed by atoms with Gasteiger partial charge in [-0.25, -0.2) is 8.42 Å². The van der Waals surface area contributed by atoms with Gasteiger partial charge in [0.25, 0.3) is 0 Å². The maximum absolute atomic E-state index is 12.3. The third-order valence-corrected chi connectivity index (χ3v) is 5.79. The van der Waals surface area contributed by atoms with Crippen LogP contribution in [0.4, 0.5) is 11.4 Å². The van der Waals surface area contributed by atoms with Crippen molar-refractivity contribution in [2.75, 3.05) is 22.4 Å². The summed E-state index contributed by atoms with van der Waals surface area (Å²) in [6.07, 6.45) is 2.01. The summed E-state index contributed by atoms with van der Waals surface area (Å²) in [5.74, 6) is -0.393. The zero-order valence-corrected chi connectivity index (χ0v) is 16.8. The smallest absolute Gasteiger partial charge is 0.245 e. The highest BCUT2D eigenvalue weighted by Gasteiger charge is 2.21. The van der Waals surface area contributed by atoms with E-state index in [2.05, 4.69) is 28.2 Å². The highest BCUT2D eigenvalue weighted by molar-refractivity contribution is 9.10. The molecule has 0 atom stereocenters. The monoisotopic (exact) mass is 424 g/mol. The Morgan fingerprint density at radius 2 is 1.80 bits per heavy atom. The largest absolute Gasteiger partial charge is 0.325 e. The Balaban J connectivity index is 2.18. The number of nitrogens with one attached hydrogen (secondary N) is 1. The maximum atomic E-state index is 12.3. The Labute approximate surface area is 157 Å². The van der Waals surface area contributed by atoms with Crippen molar-refractivity contribution in [3.63, 3.8) is 0 Å². The number of amides is 1. The third-order valence-electron chi connectivity index (χ3n) is 3.76. The molecule has 1 N–H and O–H groups in total. The molecule has 2 rings (SSSR count). The van der Waals surface area contributed by atoms with E-state index in [0.717, 1.165) is 27.0 Å². The molecule has 0 aliphatic carbocycles. The van der Waals surface area contributed by atoms with Crippen molar-refractivity contribution in [3.8, 4) is 0 Å². The lowest BCUT2D eigenvalue weighted by Crippen LogP contribution is -2.37. The molecule has 7 heteroatoms. The fourth-order valence-corrected chi connectivity index (χ4v) is 3.43. The summed E-state index contributed by atoms with van der Waals surface area (Å²) in [6, 6.07) is 12.7. The van der Waals surface area contributed by atoms with Gasteiger partial charge < -0.3 is 5.32 Å². The van der Waals surface area contributed by atoms with Crippen molar-refractivity contribution in [3.05, 3.63) is 58.1 Å². The average Bonchev–Trinajstić information content (AvgIpc) is 2.55. The Kier molecular flexibility index (Phi) is 6.24. The number of aryl methyl sites for hydroxylation is 2. The van der Waals surface area contributed by atoms with Gasteiger partial charge in [-0.1, -0.05) is 35.0 Å². The highest BCUT2D eigenvalue weighted by Crippen LogP contribution is 2.24. The molecule has 0 aliphatic rings. The lowest BCUT2D eigenvalue weighted by molar-refractivity contribution is -0.114. The second kappa shape index (κ2) is 8.01. The van der Waals surface area contributed by atoms with E-state index in [1.165, 1.54) is 5.56 Å². The van der Waals surface area contributed by atoms with Gasteiger partial charge in [0.1, 0.15) is 6.54 Å². The van der Waals surface area contributed by atoms with Crippen LogP contribution in [0.3, 0.4) is 0 Å². The molecule has 0 saturated heterocycles. The van der Waals surface area contributed by atoms with Gasteiger partial charge in [0.05, 0.1) is 11.9 Å². The minimum atomic E-state index is -3.59. The van der Waals surface area contributed by atoms with E-state index in [-0.39, 0.29) is 6.54 Å². The van der Waals surface area contributed by atoms with Gasteiger partial charge in [0.2, 0.25) is 15.9 Å². The second-order valence-corrected chi connectivity index (χ2v) is 8.56. The number of rotatable bonds is 6. The average molecular weight is 425 g/mol. The van der Waals surface area contributed by atoms with Crippen molar-refractivity contribution in [1.29, 1.82) is 0 Å². The molecule has 0 unspecified atom stereocenters. The van der Waals surface area contributed by atoms with Crippen LogP contribution in [0.15, 0.2) is 46.9 Å². The van der Waals surface area contributed by atoms with Gasteiger partial charge in [-0.15, -0.1) is 0 Å². The van der Waals surface area contributed by atoms with E-state index in [0.29, 0.717) is 11.4 Å². The molecule has 2 aromatic rings. The van der Waals surface area contributed by atoms with Crippen LogP contribution in [0.1, 0.15) is 18.1 Å². The summed E-state index contributed by atoms with van der Waals surface area (Å²) in [5.41, 5.74) is 3.16. The van der Waals surface area contributed by atoms with Crippen LogP contribution < -0.4 is 9.62 Å². The van der Waals surface area contributed by atoms with Crippen LogP contribution in [0.5, 0.6) is 0 Å². The lowest BCUT2D eigenvalue weighted by atomic mass is 10.1. The SMILES string of the molecule is CCc1ccc(NC(=O)CN(c2ccc(Br)c(C)c2)S(C)(=O)=O)cc1. The summed E-state index contributed by atoms with van der Waals surface area (Å²) in [6.45, 7) is 3.64. The Hall–Kier alpha value is -1.86. The van der Waals surface area contributed by atoms with Gasteiger partial charge in [-0.2, -0.15) is 0 Å². The van der Waals surface area contributed by atoms with Crippen LogP contribution in [0.2, 0.25) is 0 Å². The Morgan fingerprint density at radius 3 is 2.32 bits per heavy atom. The minimum absolute atomic E-state index is 0.282. The van der Waals surface area contributed by atoms with Gasteiger partial charge in [-0.05, 0) is 54.8 Å². The zero-order chi connectivity index (χ0) is 18.6. The van der Waals surface area contributed by atoms with Crippen molar-refractivity contribution in [1.82, 2.24) is 0 Å². The third kappa shape index (κ3) is 5.31. The fraction of sp³-hybridized carbons (Fsp3) is 0.278. The van der Waals surface area contributed by atoms with Crippen molar-refractivity contribution in [2.24, 2.45) is 0 Å². The molecule has 25 heavy (non-hydrogen) atoms. The van der Waals surface area contributed by atoms with E-state index in [1.807, 2.05) is 31.2 Å². The molecule has 0 aliphatic heterocycles. The number of carbonyl (C=O) groups is 1. The quantitative estimate of drug-likeness (QED) is 0.767. The number of halogens is 1. The number of sulfonamides is 1. The maximum Gasteiger partial charge on any atom is 0.245 e. The van der Waals surface area contributed by atoms with E-state index >= 15 is 0 Å². The second-order valence-electron chi connectivity index (χ2n) is 5.80. The van der Waals surface area contributed by atoms with E-state index < -0.39 is 15.9 Å².